The van der Waals surface area contributed by atoms with Crippen LogP contribution in [0.3, 0.4) is 0 Å². The molecule has 0 aromatic heterocycles. The van der Waals surface area contributed by atoms with Crippen molar-refractivity contribution in [1.29, 1.82) is 0 Å². The number of sulfonamides is 1. The largest absolute Gasteiger partial charge is 0.494 e. The second-order valence-corrected chi connectivity index (χ2v) is 8.76. The topological polar surface area (TPSA) is 66.9 Å². The average Bonchev–Trinajstić information content (AvgIpc) is 2.77. The highest BCUT2D eigenvalue weighted by Gasteiger charge is 2.27. The summed E-state index contributed by atoms with van der Waals surface area (Å²) in [5, 5.41) is 1.21. The van der Waals surface area contributed by atoms with Crippen molar-refractivity contribution in [3.8, 4) is 5.75 Å². The minimum absolute atomic E-state index is 0.0189. The van der Waals surface area contributed by atoms with Gasteiger partial charge >= 0.3 is 0 Å². The molecular formula is C22H25FN2O4S. The van der Waals surface area contributed by atoms with E-state index in [1.165, 1.54) is 21.8 Å². The van der Waals surface area contributed by atoms with Crippen LogP contribution < -0.4 is 4.74 Å². The molecule has 160 valence electrons. The van der Waals surface area contributed by atoms with E-state index in [-0.39, 0.29) is 24.8 Å². The summed E-state index contributed by atoms with van der Waals surface area (Å²) in [7, 11) is -3.52. The van der Waals surface area contributed by atoms with Crippen LogP contribution in [-0.4, -0.2) is 56.3 Å². The summed E-state index contributed by atoms with van der Waals surface area (Å²) in [5.74, 6) is 0.218. The van der Waals surface area contributed by atoms with Crippen molar-refractivity contribution >= 4 is 22.0 Å². The quantitative estimate of drug-likeness (QED) is 0.601. The van der Waals surface area contributed by atoms with Gasteiger partial charge in [0.15, 0.2) is 0 Å². The van der Waals surface area contributed by atoms with E-state index in [1.54, 1.807) is 23.1 Å². The summed E-state index contributed by atoms with van der Waals surface area (Å²) in [6, 6.07) is 15.0. The van der Waals surface area contributed by atoms with Crippen molar-refractivity contribution in [3.63, 3.8) is 0 Å². The fraction of sp³-hybridized carbons (Fsp3) is 0.318. The van der Waals surface area contributed by atoms with Crippen molar-refractivity contribution < 1.29 is 22.3 Å². The summed E-state index contributed by atoms with van der Waals surface area (Å²) in [6.07, 6.45) is 2.43. The van der Waals surface area contributed by atoms with Crippen molar-refractivity contribution in [2.45, 2.75) is 12.8 Å². The highest BCUT2D eigenvalue weighted by molar-refractivity contribution is 7.92. The maximum atomic E-state index is 12.9. The lowest BCUT2D eigenvalue weighted by atomic mass is 10.2. The second kappa shape index (κ2) is 10.4. The lowest BCUT2D eigenvalue weighted by Crippen LogP contribution is -2.50. The van der Waals surface area contributed by atoms with E-state index < -0.39 is 10.0 Å². The number of halogens is 1. The van der Waals surface area contributed by atoms with E-state index in [0.29, 0.717) is 38.3 Å². The molecule has 0 unspecified atom stereocenters. The molecule has 0 N–H and O–H groups in total. The standard InChI is InChI=1S/C22H25FN2O4S/c23-20-8-10-21(11-9-20)29-17-4-7-22(26)24-13-15-25(16-14-24)30(27,28)18-12-19-5-2-1-3-6-19/h1-3,5-6,8-12,18H,4,7,13-17H2/b18-12+. The molecule has 1 heterocycles. The minimum atomic E-state index is -3.52. The molecule has 1 aliphatic heterocycles. The Morgan fingerprint density at radius 1 is 1.00 bits per heavy atom. The number of benzene rings is 2. The molecule has 0 aliphatic carbocycles. The molecule has 2 aromatic rings. The Hall–Kier alpha value is -2.71. The van der Waals surface area contributed by atoms with Crippen LogP contribution in [0.1, 0.15) is 18.4 Å². The number of carbonyl (C=O) groups is 1. The van der Waals surface area contributed by atoms with Gasteiger partial charge in [0, 0.05) is 38.0 Å². The first-order chi connectivity index (χ1) is 14.4. The van der Waals surface area contributed by atoms with Crippen LogP contribution in [0.4, 0.5) is 4.39 Å². The van der Waals surface area contributed by atoms with Gasteiger partial charge in [-0.05, 0) is 42.3 Å². The van der Waals surface area contributed by atoms with Crippen molar-refractivity contribution in [2.24, 2.45) is 0 Å². The number of piperazine rings is 1. The van der Waals surface area contributed by atoms with Gasteiger partial charge in [0.25, 0.3) is 0 Å². The van der Waals surface area contributed by atoms with Crippen LogP contribution in [-0.2, 0) is 14.8 Å². The van der Waals surface area contributed by atoms with Crippen molar-refractivity contribution in [3.05, 3.63) is 71.4 Å². The molecule has 0 radical (unpaired) electrons. The van der Waals surface area contributed by atoms with E-state index in [9.17, 15) is 17.6 Å². The van der Waals surface area contributed by atoms with Gasteiger partial charge in [-0.1, -0.05) is 30.3 Å². The maximum absolute atomic E-state index is 12.9. The Labute approximate surface area is 176 Å². The normalized spacial score (nSPS) is 15.4. The third-order valence-corrected chi connectivity index (χ3v) is 6.37. The summed E-state index contributed by atoms with van der Waals surface area (Å²) in [5.41, 5.74) is 0.817. The van der Waals surface area contributed by atoms with E-state index >= 15 is 0 Å². The fourth-order valence-electron chi connectivity index (χ4n) is 3.11. The number of nitrogens with zero attached hydrogens (tertiary/aromatic N) is 2. The Morgan fingerprint density at radius 2 is 1.67 bits per heavy atom. The molecule has 3 rings (SSSR count). The van der Waals surface area contributed by atoms with Gasteiger partial charge in [0.05, 0.1) is 6.61 Å². The van der Waals surface area contributed by atoms with Crippen LogP contribution in [0, 0.1) is 5.82 Å². The summed E-state index contributed by atoms with van der Waals surface area (Å²) in [6.45, 7) is 1.65. The van der Waals surface area contributed by atoms with Crippen LogP contribution >= 0.6 is 0 Å². The molecule has 1 saturated heterocycles. The molecule has 1 aliphatic rings. The Balaban J connectivity index is 1.40. The van der Waals surface area contributed by atoms with Crippen LogP contribution in [0.5, 0.6) is 5.75 Å². The van der Waals surface area contributed by atoms with Gasteiger partial charge in [0.1, 0.15) is 11.6 Å². The zero-order valence-electron chi connectivity index (χ0n) is 16.6. The van der Waals surface area contributed by atoms with Gasteiger partial charge in [-0.25, -0.2) is 12.8 Å². The molecule has 0 spiro atoms. The highest BCUT2D eigenvalue weighted by atomic mass is 32.2. The van der Waals surface area contributed by atoms with Gasteiger partial charge in [-0.2, -0.15) is 4.31 Å². The molecule has 1 fully saturated rings. The number of carbonyl (C=O) groups excluding carboxylic acids is 1. The van der Waals surface area contributed by atoms with Crippen molar-refractivity contribution in [1.82, 2.24) is 9.21 Å². The smallest absolute Gasteiger partial charge is 0.236 e. The average molecular weight is 433 g/mol. The van der Waals surface area contributed by atoms with Crippen LogP contribution in [0.25, 0.3) is 6.08 Å². The predicted molar refractivity (Wildman–Crippen MR) is 114 cm³/mol. The Kier molecular flexibility index (Phi) is 7.59. The molecule has 0 bridgehead atoms. The van der Waals surface area contributed by atoms with Gasteiger partial charge < -0.3 is 9.64 Å². The lowest BCUT2D eigenvalue weighted by Gasteiger charge is -2.33. The van der Waals surface area contributed by atoms with Crippen LogP contribution in [0.2, 0.25) is 0 Å². The lowest BCUT2D eigenvalue weighted by molar-refractivity contribution is -0.132. The number of rotatable bonds is 8. The molecule has 2 aromatic carbocycles. The zero-order valence-corrected chi connectivity index (χ0v) is 17.4. The van der Waals surface area contributed by atoms with Gasteiger partial charge in [-0.3, -0.25) is 4.79 Å². The van der Waals surface area contributed by atoms with E-state index in [0.717, 1.165) is 5.56 Å². The molecule has 0 atom stereocenters. The molecular weight excluding hydrogens is 407 g/mol. The third-order valence-electron chi connectivity index (χ3n) is 4.80. The predicted octanol–water partition coefficient (Wildman–Crippen LogP) is 3.13. The molecule has 0 saturated carbocycles. The fourth-order valence-corrected chi connectivity index (χ4v) is 4.28. The second-order valence-electron chi connectivity index (χ2n) is 6.94. The van der Waals surface area contributed by atoms with Crippen molar-refractivity contribution in [2.75, 3.05) is 32.8 Å². The summed E-state index contributed by atoms with van der Waals surface area (Å²) >= 11 is 0. The highest BCUT2D eigenvalue weighted by Crippen LogP contribution is 2.14. The molecule has 8 heteroatoms. The third kappa shape index (κ3) is 6.40. The number of ether oxygens (including phenoxy) is 1. The number of hydrogen-bond acceptors (Lipinski definition) is 4. The monoisotopic (exact) mass is 432 g/mol. The molecule has 30 heavy (non-hydrogen) atoms. The van der Waals surface area contributed by atoms with Gasteiger partial charge in [0.2, 0.25) is 15.9 Å². The first kappa shape index (κ1) is 22.0. The van der Waals surface area contributed by atoms with Gasteiger partial charge in [-0.15, -0.1) is 0 Å². The summed E-state index contributed by atoms with van der Waals surface area (Å²) < 4.78 is 44.7. The van der Waals surface area contributed by atoms with E-state index in [2.05, 4.69) is 0 Å². The van der Waals surface area contributed by atoms with Crippen LogP contribution in [0.15, 0.2) is 60.0 Å². The Bertz CT molecular complexity index is 954. The molecule has 1 amide bonds. The maximum Gasteiger partial charge on any atom is 0.236 e. The molecule has 6 nitrogen and oxygen atoms in total. The summed E-state index contributed by atoms with van der Waals surface area (Å²) in [4.78, 5) is 14.0. The van der Waals surface area contributed by atoms with E-state index in [4.69, 9.17) is 4.74 Å². The SMILES string of the molecule is O=C(CCCOc1ccc(F)cc1)N1CCN(S(=O)(=O)/C=C/c2ccccc2)CC1. The Morgan fingerprint density at radius 3 is 2.33 bits per heavy atom. The van der Waals surface area contributed by atoms with E-state index in [1.807, 2.05) is 30.3 Å². The minimum Gasteiger partial charge on any atom is -0.494 e. The number of amides is 1. The zero-order chi connectivity index (χ0) is 21.4. The first-order valence-electron chi connectivity index (χ1n) is 9.83. The number of hydrogen-bond donors (Lipinski definition) is 0. The first-order valence-corrected chi connectivity index (χ1v) is 11.3.